The second kappa shape index (κ2) is 3.92. The topological polar surface area (TPSA) is 79.1 Å². The molecule has 0 atom stereocenters. The molecule has 0 radical (unpaired) electrons. The Balaban J connectivity index is 2.69. The minimum atomic E-state index is -0.823. The lowest BCUT2D eigenvalue weighted by molar-refractivity contribution is -0.136. The molecule has 4 heteroatoms. The third kappa shape index (κ3) is 2.10. The van der Waals surface area contributed by atoms with Crippen molar-refractivity contribution in [1.29, 1.82) is 0 Å². The van der Waals surface area contributed by atoms with Crippen molar-refractivity contribution in [2.45, 2.75) is 12.8 Å². The first kappa shape index (κ1) is 8.80. The van der Waals surface area contributed by atoms with E-state index in [1.54, 1.807) is 6.20 Å². The van der Waals surface area contributed by atoms with Gasteiger partial charge in [-0.15, -0.1) is 0 Å². The van der Waals surface area contributed by atoms with Gasteiger partial charge in [0, 0.05) is 11.9 Å². The first-order valence-electron chi connectivity index (χ1n) is 3.81. The maximum absolute atomic E-state index is 10.4. The van der Waals surface area contributed by atoms with Gasteiger partial charge in [0.05, 0.1) is 6.42 Å². The lowest BCUT2D eigenvalue weighted by Gasteiger charge is -1.98. The van der Waals surface area contributed by atoms with Gasteiger partial charge in [-0.05, 0) is 24.6 Å². The molecule has 0 aromatic carbocycles. The zero-order valence-corrected chi connectivity index (χ0v) is 6.71. The van der Waals surface area contributed by atoms with Crippen molar-refractivity contribution in [2.75, 3.05) is 6.54 Å². The highest BCUT2D eigenvalue weighted by Gasteiger charge is 2.06. The summed E-state index contributed by atoms with van der Waals surface area (Å²) in [6, 6.07) is 1.87. The van der Waals surface area contributed by atoms with Gasteiger partial charge >= 0.3 is 5.97 Å². The van der Waals surface area contributed by atoms with E-state index in [1.807, 2.05) is 6.07 Å². The smallest absolute Gasteiger partial charge is 0.309 e. The van der Waals surface area contributed by atoms with Crippen LogP contribution >= 0.6 is 0 Å². The number of carboxylic acid groups (broad SMARTS) is 1. The van der Waals surface area contributed by atoms with Crippen LogP contribution < -0.4 is 5.73 Å². The molecule has 0 unspecified atom stereocenters. The molecule has 1 rings (SSSR count). The molecule has 0 aliphatic carbocycles. The highest BCUT2D eigenvalue weighted by atomic mass is 16.4. The van der Waals surface area contributed by atoms with Crippen LogP contribution in [0.1, 0.15) is 11.3 Å². The molecule has 0 spiro atoms. The van der Waals surface area contributed by atoms with Crippen molar-refractivity contribution in [2.24, 2.45) is 5.73 Å². The van der Waals surface area contributed by atoms with E-state index in [1.165, 1.54) is 0 Å². The monoisotopic (exact) mass is 168 g/mol. The van der Waals surface area contributed by atoms with Gasteiger partial charge in [-0.2, -0.15) is 0 Å². The Morgan fingerprint density at radius 3 is 3.00 bits per heavy atom. The standard InChI is InChI=1S/C8H12N2O2/c9-3-1-6-2-4-10-7(6)5-8(11)12/h2,4,10H,1,3,5,9H2,(H,11,12). The van der Waals surface area contributed by atoms with Crippen LogP contribution in [-0.4, -0.2) is 22.6 Å². The van der Waals surface area contributed by atoms with E-state index in [4.69, 9.17) is 10.8 Å². The summed E-state index contributed by atoms with van der Waals surface area (Å²) in [5, 5.41) is 8.53. The van der Waals surface area contributed by atoms with Crippen LogP contribution in [0.2, 0.25) is 0 Å². The van der Waals surface area contributed by atoms with E-state index in [2.05, 4.69) is 4.98 Å². The Bertz CT molecular complexity index is 268. The van der Waals surface area contributed by atoms with Crippen LogP contribution in [0.4, 0.5) is 0 Å². The molecule has 1 aromatic rings. The van der Waals surface area contributed by atoms with Gasteiger partial charge < -0.3 is 15.8 Å². The molecule has 4 N–H and O–H groups in total. The summed E-state index contributed by atoms with van der Waals surface area (Å²) >= 11 is 0. The van der Waals surface area contributed by atoms with Crippen LogP contribution in [0.15, 0.2) is 12.3 Å². The number of H-pyrrole nitrogens is 1. The Morgan fingerprint density at radius 1 is 1.67 bits per heavy atom. The van der Waals surface area contributed by atoms with Crippen molar-refractivity contribution in [3.63, 3.8) is 0 Å². The Labute approximate surface area is 70.4 Å². The second-order valence-corrected chi connectivity index (χ2v) is 2.59. The number of rotatable bonds is 4. The average Bonchev–Trinajstić information content (AvgIpc) is 2.37. The quantitative estimate of drug-likeness (QED) is 0.598. The minimum Gasteiger partial charge on any atom is -0.481 e. The van der Waals surface area contributed by atoms with Crippen molar-refractivity contribution < 1.29 is 9.90 Å². The fourth-order valence-corrected chi connectivity index (χ4v) is 1.14. The Morgan fingerprint density at radius 2 is 2.42 bits per heavy atom. The van der Waals surface area contributed by atoms with Gasteiger partial charge in [0.25, 0.3) is 0 Å². The third-order valence-corrected chi connectivity index (χ3v) is 1.67. The zero-order chi connectivity index (χ0) is 8.97. The molecule has 1 heterocycles. The number of nitrogens with two attached hydrogens (primary N) is 1. The summed E-state index contributed by atoms with van der Waals surface area (Å²) < 4.78 is 0. The van der Waals surface area contributed by atoms with Crippen molar-refractivity contribution in [3.05, 3.63) is 23.5 Å². The molecule has 0 saturated carbocycles. The van der Waals surface area contributed by atoms with Crippen LogP contribution in [0.3, 0.4) is 0 Å². The molecular formula is C8H12N2O2. The minimum absolute atomic E-state index is 0.0440. The number of nitrogens with one attached hydrogen (secondary N) is 1. The predicted molar refractivity (Wildman–Crippen MR) is 44.9 cm³/mol. The van der Waals surface area contributed by atoms with E-state index in [0.29, 0.717) is 6.54 Å². The molecule has 4 nitrogen and oxygen atoms in total. The van der Waals surface area contributed by atoms with Crippen molar-refractivity contribution in [3.8, 4) is 0 Å². The van der Waals surface area contributed by atoms with Gasteiger partial charge in [-0.1, -0.05) is 0 Å². The molecule has 0 amide bonds. The molecular weight excluding hydrogens is 156 g/mol. The van der Waals surface area contributed by atoms with Gasteiger partial charge in [0.2, 0.25) is 0 Å². The lowest BCUT2D eigenvalue weighted by Crippen LogP contribution is -2.07. The first-order valence-corrected chi connectivity index (χ1v) is 3.81. The van der Waals surface area contributed by atoms with E-state index in [9.17, 15) is 4.79 Å². The molecule has 1 aromatic heterocycles. The molecule has 66 valence electrons. The predicted octanol–water partition coefficient (Wildman–Crippen LogP) is 0.143. The zero-order valence-electron chi connectivity index (χ0n) is 6.71. The number of aromatic nitrogens is 1. The maximum atomic E-state index is 10.4. The molecule has 12 heavy (non-hydrogen) atoms. The normalized spacial score (nSPS) is 10.1. The fourth-order valence-electron chi connectivity index (χ4n) is 1.14. The summed E-state index contributed by atoms with van der Waals surface area (Å²) in [6.07, 6.45) is 2.51. The maximum Gasteiger partial charge on any atom is 0.309 e. The van der Waals surface area contributed by atoms with Crippen molar-refractivity contribution in [1.82, 2.24) is 4.98 Å². The van der Waals surface area contributed by atoms with Gasteiger partial charge in [0.1, 0.15) is 0 Å². The SMILES string of the molecule is NCCc1cc[nH]c1CC(=O)O. The van der Waals surface area contributed by atoms with E-state index in [0.717, 1.165) is 17.7 Å². The number of hydrogen-bond donors (Lipinski definition) is 3. The van der Waals surface area contributed by atoms with Crippen LogP contribution in [0, 0.1) is 0 Å². The summed E-state index contributed by atoms with van der Waals surface area (Å²) in [6.45, 7) is 0.546. The fraction of sp³-hybridized carbons (Fsp3) is 0.375. The largest absolute Gasteiger partial charge is 0.481 e. The van der Waals surface area contributed by atoms with Crippen molar-refractivity contribution >= 4 is 5.97 Å². The first-order chi connectivity index (χ1) is 5.74. The number of carbonyl (C=O) groups is 1. The highest BCUT2D eigenvalue weighted by Crippen LogP contribution is 2.07. The Hall–Kier alpha value is -1.29. The number of hydrogen-bond acceptors (Lipinski definition) is 2. The molecule has 0 aliphatic heterocycles. The Kier molecular flexibility index (Phi) is 2.88. The van der Waals surface area contributed by atoms with Gasteiger partial charge in [-0.25, -0.2) is 0 Å². The van der Waals surface area contributed by atoms with Gasteiger partial charge in [0.15, 0.2) is 0 Å². The highest BCUT2D eigenvalue weighted by molar-refractivity contribution is 5.70. The second-order valence-electron chi connectivity index (χ2n) is 2.59. The number of aromatic amines is 1. The average molecular weight is 168 g/mol. The summed E-state index contributed by atoms with van der Waals surface area (Å²) in [4.78, 5) is 13.3. The molecule has 0 saturated heterocycles. The van der Waals surface area contributed by atoms with E-state index >= 15 is 0 Å². The lowest BCUT2D eigenvalue weighted by atomic mass is 10.1. The summed E-state index contributed by atoms with van der Waals surface area (Å²) in [5.41, 5.74) is 7.12. The van der Waals surface area contributed by atoms with Crippen LogP contribution in [0.25, 0.3) is 0 Å². The van der Waals surface area contributed by atoms with Crippen LogP contribution in [-0.2, 0) is 17.6 Å². The summed E-state index contributed by atoms with van der Waals surface area (Å²) in [7, 11) is 0. The van der Waals surface area contributed by atoms with Crippen LogP contribution in [0.5, 0.6) is 0 Å². The van der Waals surface area contributed by atoms with Gasteiger partial charge in [-0.3, -0.25) is 4.79 Å². The molecule has 0 fully saturated rings. The number of carboxylic acids is 1. The number of aliphatic carboxylic acids is 1. The summed E-state index contributed by atoms with van der Waals surface area (Å²) in [5.74, 6) is -0.823. The van der Waals surface area contributed by atoms with E-state index < -0.39 is 5.97 Å². The third-order valence-electron chi connectivity index (χ3n) is 1.67. The van der Waals surface area contributed by atoms with E-state index in [-0.39, 0.29) is 6.42 Å². The molecule has 0 bridgehead atoms. The molecule has 0 aliphatic rings.